The first-order chi connectivity index (χ1) is 4.70. The number of aliphatic hydroxyl groups excluding tert-OH is 1. The Kier molecular flexibility index (Phi) is 4.40. The van der Waals surface area contributed by atoms with Crippen LogP contribution < -0.4 is 5.32 Å². The van der Waals surface area contributed by atoms with Crippen molar-refractivity contribution in [2.75, 3.05) is 6.54 Å². The minimum absolute atomic E-state index is 0. The Morgan fingerprint density at radius 2 is 2.18 bits per heavy atom. The second kappa shape index (κ2) is 4.54. The molecule has 0 spiro atoms. The van der Waals surface area contributed by atoms with Crippen molar-refractivity contribution in [1.29, 1.82) is 0 Å². The Balaban J connectivity index is 0.000001000. The minimum Gasteiger partial charge on any atom is -0.480 e. The molecule has 0 radical (unpaired) electrons. The van der Waals surface area contributed by atoms with Crippen molar-refractivity contribution in [3.63, 3.8) is 0 Å². The number of piperidine rings is 1. The molecule has 0 aromatic rings. The second-order valence-corrected chi connectivity index (χ2v) is 2.52. The van der Waals surface area contributed by atoms with Crippen LogP contribution in [0.15, 0.2) is 0 Å². The first-order valence-corrected chi connectivity index (χ1v) is 3.34. The van der Waals surface area contributed by atoms with Crippen molar-refractivity contribution in [2.24, 2.45) is 0 Å². The van der Waals surface area contributed by atoms with E-state index < -0.39 is 18.1 Å². The van der Waals surface area contributed by atoms with Gasteiger partial charge >= 0.3 is 5.97 Å². The van der Waals surface area contributed by atoms with Gasteiger partial charge in [-0.05, 0) is 19.4 Å². The predicted molar refractivity (Wildman–Crippen MR) is 41.9 cm³/mol. The fraction of sp³-hybridized carbons (Fsp3) is 0.833. The van der Waals surface area contributed by atoms with E-state index in [1.54, 1.807) is 0 Å². The summed E-state index contributed by atoms with van der Waals surface area (Å²) in [5.74, 6) is -0.876. The topological polar surface area (TPSA) is 69.6 Å². The molecular weight excluding hydrogens is 170 g/mol. The number of aliphatic hydroxyl groups is 1. The zero-order valence-electron chi connectivity index (χ0n) is 5.99. The van der Waals surface area contributed by atoms with E-state index in [-0.39, 0.29) is 12.4 Å². The lowest BCUT2D eigenvalue weighted by atomic mass is 10.0. The zero-order valence-corrected chi connectivity index (χ0v) is 6.80. The number of hydrogen-bond acceptors (Lipinski definition) is 3. The molecule has 0 amide bonds. The molecule has 2 atom stereocenters. The number of carbonyl (C=O) groups is 1. The van der Waals surface area contributed by atoms with Crippen LogP contribution in [0.4, 0.5) is 0 Å². The number of carboxylic acids is 1. The fourth-order valence-corrected chi connectivity index (χ4v) is 1.09. The molecular formula is C6H12ClNO3. The maximum absolute atomic E-state index is 10.3. The lowest BCUT2D eigenvalue weighted by Crippen LogP contribution is -2.45. The van der Waals surface area contributed by atoms with Crippen LogP contribution in [-0.2, 0) is 4.79 Å². The molecule has 0 bridgehead atoms. The molecule has 1 rings (SSSR count). The minimum atomic E-state index is -0.876. The van der Waals surface area contributed by atoms with E-state index >= 15 is 0 Å². The standard InChI is InChI=1S/C6H11NO3.ClH/c8-4-1-2-7-5(3-4)6(9)10;/h4-5,7-8H,1-3H2,(H,9,10);1H/t4-,5+;/m1./s1. The van der Waals surface area contributed by atoms with Crippen LogP contribution in [0.2, 0.25) is 0 Å². The highest BCUT2D eigenvalue weighted by molar-refractivity contribution is 5.85. The van der Waals surface area contributed by atoms with Gasteiger partial charge in [-0.25, -0.2) is 0 Å². The summed E-state index contributed by atoms with van der Waals surface area (Å²) < 4.78 is 0. The molecule has 0 unspecified atom stereocenters. The van der Waals surface area contributed by atoms with Crippen molar-refractivity contribution in [1.82, 2.24) is 5.32 Å². The maximum atomic E-state index is 10.3. The summed E-state index contributed by atoms with van der Waals surface area (Å²) in [4.78, 5) is 10.3. The largest absolute Gasteiger partial charge is 0.480 e. The maximum Gasteiger partial charge on any atom is 0.320 e. The molecule has 1 aliphatic rings. The highest BCUT2D eigenvalue weighted by Crippen LogP contribution is 2.07. The summed E-state index contributed by atoms with van der Waals surface area (Å²) in [7, 11) is 0. The first-order valence-electron chi connectivity index (χ1n) is 3.34. The summed E-state index contributed by atoms with van der Waals surface area (Å²) in [5.41, 5.74) is 0. The van der Waals surface area contributed by atoms with Gasteiger partial charge < -0.3 is 15.5 Å². The van der Waals surface area contributed by atoms with E-state index in [0.29, 0.717) is 19.4 Å². The molecule has 1 heterocycles. The Labute approximate surface area is 71.0 Å². The molecule has 1 aliphatic heterocycles. The van der Waals surface area contributed by atoms with Crippen molar-refractivity contribution >= 4 is 18.4 Å². The number of halogens is 1. The smallest absolute Gasteiger partial charge is 0.320 e. The van der Waals surface area contributed by atoms with Gasteiger partial charge in [0.15, 0.2) is 0 Å². The van der Waals surface area contributed by atoms with E-state index in [1.165, 1.54) is 0 Å². The second-order valence-electron chi connectivity index (χ2n) is 2.52. The highest BCUT2D eigenvalue weighted by atomic mass is 35.5. The van der Waals surface area contributed by atoms with Crippen molar-refractivity contribution in [3.05, 3.63) is 0 Å². The Morgan fingerprint density at radius 1 is 1.55 bits per heavy atom. The number of nitrogens with one attached hydrogen (secondary N) is 1. The van der Waals surface area contributed by atoms with Gasteiger partial charge in [-0.3, -0.25) is 4.79 Å². The van der Waals surface area contributed by atoms with Gasteiger partial charge in [-0.1, -0.05) is 0 Å². The van der Waals surface area contributed by atoms with Crippen molar-refractivity contribution < 1.29 is 15.0 Å². The SMILES string of the molecule is Cl.O=C(O)[C@@H]1C[C@H](O)CCN1. The Morgan fingerprint density at radius 3 is 2.55 bits per heavy atom. The van der Waals surface area contributed by atoms with Crippen LogP contribution in [0, 0.1) is 0 Å². The molecule has 4 nitrogen and oxygen atoms in total. The zero-order chi connectivity index (χ0) is 7.56. The van der Waals surface area contributed by atoms with Gasteiger partial charge in [-0.2, -0.15) is 0 Å². The van der Waals surface area contributed by atoms with E-state index in [1.807, 2.05) is 0 Å². The third kappa shape index (κ3) is 3.05. The lowest BCUT2D eigenvalue weighted by Gasteiger charge is -2.23. The van der Waals surface area contributed by atoms with Crippen LogP contribution in [0.1, 0.15) is 12.8 Å². The third-order valence-corrected chi connectivity index (χ3v) is 1.67. The van der Waals surface area contributed by atoms with Crippen LogP contribution in [0.25, 0.3) is 0 Å². The number of carboxylic acid groups (broad SMARTS) is 1. The molecule has 3 N–H and O–H groups in total. The van der Waals surface area contributed by atoms with Crippen molar-refractivity contribution in [2.45, 2.75) is 25.0 Å². The molecule has 0 aromatic carbocycles. The third-order valence-electron chi connectivity index (χ3n) is 1.67. The van der Waals surface area contributed by atoms with Crippen LogP contribution in [0.5, 0.6) is 0 Å². The van der Waals surface area contributed by atoms with Gasteiger partial charge in [0.2, 0.25) is 0 Å². The molecule has 66 valence electrons. The molecule has 0 saturated carbocycles. The molecule has 1 saturated heterocycles. The molecule has 5 heteroatoms. The number of rotatable bonds is 1. The van der Waals surface area contributed by atoms with E-state index in [0.717, 1.165) is 0 Å². The van der Waals surface area contributed by atoms with Crippen LogP contribution in [0.3, 0.4) is 0 Å². The molecule has 0 aliphatic carbocycles. The average molecular weight is 182 g/mol. The number of aliphatic carboxylic acids is 1. The van der Waals surface area contributed by atoms with Gasteiger partial charge in [0.25, 0.3) is 0 Å². The predicted octanol–water partition coefficient (Wildman–Crippen LogP) is -0.394. The highest BCUT2D eigenvalue weighted by Gasteiger charge is 2.24. The normalized spacial score (nSPS) is 30.6. The number of hydrogen-bond donors (Lipinski definition) is 3. The van der Waals surface area contributed by atoms with Gasteiger partial charge in [-0.15, -0.1) is 12.4 Å². The fourth-order valence-electron chi connectivity index (χ4n) is 1.09. The monoisotopic (exact) mass is 181 g/mol. The summed E-state index contributed by atoms with van der Waals surface area (Å²) in [6.07, 6.45) is 0.543. The van der Waals surface area contributed by atoms with E-state index in [9.17, 15) is 4.79 Å². The Bertz CT molecular complexity index is 142. The first kappa shape index (κ1) is 10.7. The molecule has 11 heavy (non-hydrogen) atoms. The van der Waals surface area contributed by atoms with Gasteiger partial charge in [0, 0.05) is 0 Å². The van der Waals surface area contributed by atoms with Crippen LogP contribution >= 0.6 is 12.4 Å². The molecule has 0 aromatic heterocycles. The van der Waals surface area contributed by atoms with Crippen LogP contribution in [-0.4, -0.2) is 34.9 Å². The average Bonchev–Trinajstić information content (AvgIpc) is 1.88. The van der Waals surface area contributed by atoms with Gasteiger partial charge in [0.05, 0.1) is 6.10 Å². The van der Waals surface area contributed by atoms with Crippen molar-refractivity contribution in [3.8, 4) is 0 Å². The quantitative estimate of drug-likeness (QED) is 0.515. The van der Waals surface area contributed by atoms with Gasteiger partial charge in [0.1, 0.15) is 6.04 Å². The summed E-state index contributed by atoms with van der Waals surface area (Å²) in [6.45, 7) is 0.595. The summed E-state index contributed by atoms with van der Waals surface area (Å²) in [6, 6.07) is -0.552. The summed E-state index contributed by atoms with van der Waals surface area (Å²) in [5, 5.41) is 20.3. The summed E-state index contributed by atoms with van der Waals surface area (Å²) >= 11 is 0. The van der Waals surface area contributed by atoms with E-state index in [4.69, 9.17) is 10.2 Å². The van der Waals surface area contributed by atoms with E-state index in [2.05, 4.69) is 5.32 Å². The lowest BCUT2D eigenvalue weighted by molar-refractivity contribution is -0.141. The Hall–Kier alpha value is -0.320. The molecule has 1 fully saturated rings.